The third-order valence-corrected chi connectivity index (χ3v) is 4.70. The normalized spacial score (nSPS) is 14.7. The maximum absolute atomic E-state index is 12.8. The topological polar surface area (TPSA) is 58.6 Å². The van der Waals surface area contributed by atoms with Gasteiger partial charge >= 0.3 is 6.03 Å². The molecule has 0 N–H and O–H groups in total. The van der Waals surface area contributed by atoms with Crippen LogP contribution in [0.2, 0.25) is 0 Å². The Bertz CT molecular complexity index is 879. The molecule has 23 heavy (non-hydrogen) atoms. The maximum atomic E-state index is 12.8. The average Bonchev–Trinajstić information content (AvgIpc) is 3.20. The molecule has 3 heterocycles. The third kappa shape index (κ3) is 2.29. The zero-order valence-corrected chi connectivity index (χ0v) is 13.3. The van der Waals surface area contributed by atoms with Crippen molar-refractivity contribution in [2.75, 3.05) is 30.0 Å². The largest absolute Gasteiger partial charge is 0.494 e. The minimum atomic E-state index is -0.0693. The molecule has 2 aromatic heterocycles. The molecule has 116 valence electrons. The molecule has 1 aliphatic rings. The zero-order valence-electron chi connectivity index (χ0n) is 12.5. The Labute approximate surface area is 136 Å². The number of urea groups is 1. The number of methoxy groups -OCH3 is 1. The van der Waals surface area contributed by atoms with Crippen LogP contribution in [0.1, 0.15) is 0 Å². The predicted octanol–water partition coefficient (Wildman–Crippen LogP) is 3.15. The van der Waals surface area contributed by atoms with Gasteiger partial charge in [-0.05, 0) is 18.2 Å². The van der Waals surface area contributed by atoms with Crippen molar-refractivity contribution in [3.05, 3.63) is 42.2 Å². The molecule has 0 radical (unpaired) electrons. The lowest BCUT2D eigenvalue weighted by Gasteiger charge is -2.20. The SMILES string of the molecule is COc1ccncc1N1CCN(c2ccc3ncsc3c2)C1=O. The number of aromatic nitrogens is 2. The highest BCUT2D eigenvalue weighted by molar-refractivity contribution is 7.16. The number of benzene rings is 1. The highest BCUT2D eigenvalue weighted by Crippen LogP contribution is 2.32. The predicted molar refractivity (Wildman–Crippen MR) is 90.5 cm³/mol. The van der Waals surface area contributed by atoms with Crippen LogP contribution >= 0.6 is 11.3 Å². The number of hydrogen-bond acceptors (Lipinski definition) is 5. The van der Waals surface area contributed by atoms with Crippen molar-refractivity contribution in [3.8, 4) is 5.75 Å². The fraction of sp³-hybridized carbons (Fsp3) is 0.188. The van der Waals surface area contributed by atoms with Gasteiger partial charge in [-0.3, -0.25) is 14.8 Å². The van der Waals surface area contributed by atoms with Crippen LogP contribution in [0, 0.1) is 0 Å². The monoisotopic (exact) mass is 326 g/mol. The first-order valence-corrected chi connectivity index (χ1v) is 8.06. The highest BCUT2D eigenvalue weighted by Gasteiger charge is 2.32. The first kappa shape index (κ1) is 14.0. The van der Waals surface area contributed by atoms with E-state index in [-0.39, 0.29) is 6.03 Å². The number of thiazole rings is 1. The summed E-state index contributed by atoms with van der Waals surface area (Å²) in [6.07, 6.45) is 3.31. The second-order valence-corrected chi connectivity index (χ2v) is 6.02. The van der Waals surface area contributed by atoms with E-state index in [0.29, 0.717) is 24.5 Å². The van der Waals surface area contributed by atoms with E-state index >= 15 is 0 Å². The van der Waals surface area contributed by atoms with E-state index in [0.717, 1.165) is 15.9 Å². The number of fused-ring (bicyclic) bond motifs is 1. The summed E-state index contributed by atoms with van der Waals surface area (Å²) in [7, 11) is 1.59. The number of carbonyl (C=O) groups excluding carboxylic acids is 1. The van der Waals surface area contributed by atoms with Gasteiger partial charge in [-0.25, -0.2) is 9.78 Å². The van der Waals surface area contributed by atoms with Gasteiger partial charge in [-0.2, -0.15) is 0 Å². The second-order valence-electron chi connectivity index (χ2n) is 5.14. The molecule has 1 aliphatic heterocycles. The van der Waals surface area contributed by atoms with Crippen molar-refractivity contribution in [3.63, 3.8) is 0 Å². The second kappa shape index (κ2) is 5.51. The number of anilines is 2. The summed E-state index contributed by atoms with van der Waals surface area (Å²) in [6, 6.07) is 7.58. The smallest absolute Gasteiger partial charge is 0.329 e. The van der Waals surface area contributed by atoms with Gasteiger partial charge < -0.3 is 4.74 Å². The van der Waals surface area contributed by atoms with E-state index in [1.54, 1.807) is 46.7 Å². The number of rotatable bonds is 3. The Morgan fingerprint density at radius 1 is 1.22 bits per heavy atom. The van der Waals surface area contributed by atoms with Gasteiger partial charge in [0.2, 0.25) is 0 Å². The Morgan fingerprint density at radius 2 is 2.09 bits per heavy atom. The first-order valence-electron chi connectivity index (χ1n) is 7.18. The molecule has 3 aromatic rings. The molecule has 1 saturated heterocycles. The number of pyridine rings is 1. The molecule has 0 saturated carbocycles. The van der Waals surface area contributed by atoms with Crippen molar-refractivity contribution in [1.29, 1.82) is 0 Å². The fourth-order valence-corrected chi connectivity index (χ4v) is 3.47. The molecule has 6 nitrogen and oxygen atoms in total. The van der Waals surface area contributed by atoms with Crippen molar-refractivity contribution in [1.82, 2.24) is 9.97 Å². The molecular formula is C16H14N4O2S. The minimum absolute atomic E-state index is 0.0693. The standard InChI is InChI=1S/C16H14N4O2S/c1-22-14-4-5-17-9-13(14)20-7-6-19(16(20)21)11-2-3-12-15(8-11)23-10-18-12/h2-5,8-10H,6-7H2,1H3. The lowest BCUT2D eigenvalue weighted by Crippen LogP contribution is -2.32. The molecule has 0 atom stereocenters. The molecule has 4 rings (SSSR count). The van der Waals surface area contributed by atoms with E-state index in [2.05, 4.69) is 9.97 Å². The first-order chi connectivity index (χ1) is 11.3. The number of nitrogens with zero attached hydrogens (tertiary/aromatic N) is 4. The van der Waals surface area contributed by atoms with E-state index in [9.17, 15) is 4.79 Å². The average molecular weight is 326 g/mol. The van der Waals surface area contributed by atoms with Crippen molar-refractivity contribution in [2.24, 2.45) is 0 Å². The van der Waals surface area contributed by atoms with Crippen LogP contribution in [0.5, 0.6) is 5.75 Å². The molecule has 0 unspecified atom stereocenters. The van der Waals surface area contributed by atoms with Crippen LogP contribution in [-0.2, 0) is 0 Å². The van der Waals surface area contributed by atoms with Crippen molar-refractivity contribution >= 4 is 39.0 Å². The molecular weight excluding hydrogens is 312 g/mol. The van der Waals surface area contributed by atoms with Gasteiger partial charge in [0.05, 0.1) is 29.0 Å². The summed E-state index contributed by atoms with van der Waals surface area (Å²) in [6.45, 7) is 1.23. The molecule has 7 heteroatoms. The molecule has 2 amide bonds. The van der Waals surface area contributed by atoms with Crippen molar-refractivity contribution in [2.45, 2.75) is 0 Å². The summed E-state index contributed by atoms with van der Waals surface area (Å²) in [5.41, 5.74) is 4.35. The van der Waals surface area contributed by atoms with Gasteiger partial charge in [0.25, 0.3) is 0 Å². The molecule has 0 aliphatic carbocycles. The van der Waals surface area contributed by atoms with Gasteiger partial charge in [0, 0.05) is 31.0 Å². The Morgan fingerprint density at radius 3 is 2.96 bits per heavy atom. The summed E-state index contributed by atoms with van der Waals surface area (Å²) < 4.78 is 6.41. The lowest BCUT2D eigenvalue weighted by molar-refractivity contribution is 0.255. The Balaban J connectivity index is 1.67. The number of amides is 2. The quantitative estimate of drug-likeness (QED) is 0.742. The van der Waals surface area contributed by atoms with Gasteiger partial charge in [0.1, 0.15) is 11.4 Å². The van der Waals surface area contributed by atoms with E-state index in [4.69, 9.17) is 4.74 Å². The van der Waals surface area contributed by atoms with Crippen LogP contribution in [-0.4, -0.2) is 36.2 Å². The van der Waals surface area contributed by atoms with E-state index in [1.165, 1.54) is 0 Å². The highest BCUT2D eigenvalue weighted by atomic mass is 32.1. The fourth-order valence-electron chi connectivity index (χ4n) is 2.76. The Kier molecular flexibility index (Phi) is 3.34. The van der Waals surface area contributed by atoms with Gasteiger partial charge in [-0.15, -0.1) is 11.3 Å². The number of hydrogen-bond donors (Lipinski definition) is 0. The van der Waals surface area contributed by atoms with Gasteiger partial charge in [0.15, 0.2) is 0 Å². The summed E-state index contributed by atoms with van der Waals surface area (Å²) >= 11 is 1.57. The third-order valence-electron chi connectivity index (χ3n) is 3.91. The van der Waals surface area contributed by atoms with Crippen LogP contribution in [0.15, 0.2) is 42.2 Å². The number of ether oxygens (including phenoxy) is 1. The molecule has 0 spiro atoms. The zero-order chi connectivity index (χ0) is 15.8. The maximum Gasteiger partial charge on any atom is 0.329 e. The van der Waals surface area contributed by atoms with Crippen LogP contribution in [0.3, 0.4) is 0 Å². The summed E-state index contributed by atoms with van der Waals surface area (Å²) in [5, 5.41) is 0. The van der Waals surface area contributed by atoms with E-state index < -0.39 is 0 Å². The number of carbonyl (C=O) groups is 1. The Hall–Kier alpha value is -2.67. The molecule has 1 fully saturated rings. The summed E-state index contributed by atoms with van der Waals surface area (Å²) in [5.74, 6) is 0.646. The summed E-state index contributed by atoms with van der Waals surface area (Å²) in [4.78, 5) is 24.6. The van der Waals surface area contributed by atoms with Crippen LogP contribution in [0.25, 0.3) is 10.2 Å². The van der Waals surface area contributed by atoms with Crippen LogP contribution < -0.4 is 14.5 Å². The van der Waals surface area contributed by atoms with E-state index in [1.807, 2.05) is 23.7 Å². The molecule has 1 aromatic carbocycles. The van der Waals surface area contributed by atoms with Crippen molar-refractivity contribution < 1.29 is 9.53 Å². The van der Waals surface area contributed by atoms with Crippen LogP contribution in [0.4, 0.5) is 16.2 Å². The lowest BCUT2D eigenvalue weighted by atomic mass is 10.3. The van der Waals surface area contributed by atoms with Gasteiger partial charge in [-0.1, -0.05) is 0 Å². The molecule has 0 bridgehead atoms. The minimum Gasteiger partial charge on any atom is -0.494 e.